The van der Waals surface area contributed by atoms with Gasteiger partial charge in [-0.15, -0.1) is 6.58 Å². The van der Waals surface area contributed by atoms with Crippen LogP contribution in [0, 0.1) is 12.7 Å². The van der Waals surface area contributed by atoms with Gasteiger partial charge in [0.25, 0.3) is 5.91 Å². The summed E-state index contributed by atoms with van der Waals surface area (Å²) < 4.78 is 23.9. The van der Waals surface area contributed by atoms with E-state index >= 15 is 0 Å². The van der Waals surface area contributed by atoms with Crippen LogP contribution in [-0.4, -0.2) is 30.2 Å². The van der Waals surface area contributed by atoms with Crippen LogP contribution in [0.1, 0.15) is 16.1 Å². The summed E-state index contributed by atoms with van der Waals surface area (Å²) in [6.07, 6.45) is 1.49. The van der Waals surface area contributed by atoms with Crippen LogP contribution < -0.4 is 5.32 Å². The lowest BCUT2D eigenvalue weighted by atomic mass is 10.1. The topological polar surface area (TPSA) is 81.4 Å². The van der Waals surface area contributed by atoms with E-state index in [0.29, 0.717) is 0 Å². The average Bonchev–Trinajstić information content (AvgIpc) is 2.92. The Kier molecular flexibility index (Phi) is 5.70. The predicted octanol–water partition coefficient (Wildman–Crippen LogP) is 2.90. The maximum Gasteiger partial charge on any atom is 0.344 e. The normalized spacial score (nSPS) is 10.3. The highest BCUT2D eigenvalue weighted by molar-refractivity contribution is 6.33. The molecule has 1 aromatic heterocycles. The second-order valence-corrected chi connectivity index (χ2v) is 5.14. The first kappa shape index (κ1) is 17.7. The van der Waals surface area contributed by atoms with Gasteiger partial charge in [-0.2, -0.15) is 0 Å². The zero-order chi connectivity index (χ0) is 17.7. The highest BCUT2D eigenvalue weighted by atomic mass is 35.5. The van der Waals surface area contributed by atoms with Crippen LogP contribution in [0.2, 0.25) is 5.02 Å². The molecule has 0 atom stereocenters. The van der Waals surface area contributed by atoms with Crippen molar-refractivity contribution in [3.8, 4) is 11.3 Å². The molecule has 0 saturated carbocycles. The van der Waals surface area contributed by atoms with Crippen LogP contribution >= 0.6 is 11.6 Å². The number of carbonyl (C=O) groups is 2. The smallest absolute Gasteiger partial charge is 0.344 e. The van der Waals surface area contributed by atoms with Gasteiger partial charge in [-0.25, -0.2) is 9.18 Å². The molecule has 126 valence electrons. The number of halogens is 2. The van der Waals surface area contributed by atoms with Gasteiger partial charge in [0, 0.05) is 6.54 Å². The SMILES string of the molecule is C=CCNC(=O)COC(=O)c1c(-c2c(F)cccc2Cl)noc1C. The second-order valence-electron chi connectivity index (χ2n) is 4.73. The Balaban J connectivity index is 2.25. The lowest BCUT2D eigenvalue weighted by molar-refractivity contribution is -0.124. The Bertz CT molecular complexity index is 768. The van der Waals surface area contributed by atoms with Crippen LogP contribution in [0.3, 0.4) is 0 Å². The molecule has 6 nitrogen and oxygen atoms in total. The van der Waals surface area contributed by atoms with Gasteiger partial charge in [-0.1, -0.05) is 28.9 Å². The van der Waals surface area contributed by atoms with Crippen LogP contribution in [-0.2, 0) is 9.53 Å². The fourth-order valence-corrected chi connectivity index (χ4v) is 2.20. The van der Waals surface area contributed by atoms with E-state index in [2.05, 4.69) is 17.1 Å². The largest absolute Gasteiger partial charge is 0.452 e. The molecule has 1 N–H and O–H groups in total. The lowest BCUT2D eigenvalue weighted by Gasteiger charge is -2.07. The number of ether oxygens (including phenoxy) is 1. The molecule has 0 aliphatic rings. The maximum atomic E-state index is 14.1. The van der Waals surface area contributed by atoms with Crippen molar-refractivity contribution in [3.05, 3.63) is 53.0 Å². The molecular weight excluding hydrogens is 339 g/mol. The minimum Gasteiger partial charge on any atom is -0.452 e. The standard InChI is InChI=1S/C16H14ClFN2O4/c1-3-7-19-12(21)8-23-16(22)13-9(2)24-20-15(13)14-10(17)5-4-6-11(14)18/h3-6H,1,7-8H2,2H3,(H,19,21). The summed E-state index contributed by atoms with van der Waals surface area (Å²) in [5.41, 5.74) is -0.232. The fourth-order valence-electron chi connectivity index (χ4n) is 1.95. The highest BCUT2D eigenvalue weighted by Gasteiger charge is 2.26. The minimum absolute atomic E-state index is 0.0703. The predicted molar refractivity (Wildman–Crippen MR) is 85.1 cm³/mol. The van der Waals surface area contributed by atoms with Crippen LogP contribution in [0.5, 0.6) is 0 Å². The number of nitrogens with zero attached hydrogens (tertiary/aromatic N) is 1. The molecule has 1 amide bonds. The molecule has 0 radical (unpaired) electrons. The first-order chi connectivity index (χ1) is 11.5. The quantitative estimate of drug-likeness (QED) is 0.638. The van der Waals surface area contributed by atoms with Gasteiger partial charge in [0.1, 0.15) is 22.8 Å². The van der Waals surface area contributed by atoms with Crippen molar-refractivity contribution in [2.75, 3.05) is 13.2 Å². The Hall–Kier alpha value is -2.67. The number of benzene rings is 1. The Morgan fingerprint density at radius 1 is 1.50 bits per heavy atom. The minimum atomic E-state index is -0.864. The Labute approximate surface area is 142 Å². The van der Waals surface area contributed by atoms with Crippen molar-refractivity contribution < 1.29 is 23.2 Å². The second kappa shape index (κ2) is 7.74. The van der Waals surface area contributed by atoms with E-state index in [9.17, 15) is 14.0 Å². The fraction of sp³-hybridized carbons (Fsp3) is 0.188. The van der Waals surface area contributed by atoms with E-state index in [-0.39, 0.29) is 34.1 Å². The third kappa shape index (κ3) is 3.80. The molecular formula is C16H14ClFN2O4. The first-order valence-electron chi connectivity index (χ1n) is 6.91. The number of hydrogen-bond acceptors (Lipinski definition) is 5. The van der Waals surface area contributed by atoms with Gasteiger partial charge in [0.15, 0.2) is 6.61 Å². The van der Waals surface area contributed by atoms with Crippen molar-refractivity contribution >= 4 is 23.5 Å². The van der Waals surface area contributed by atoms with E-state index in [0.717, 1.165) is 0 Å². The van der Waals surface area contributed by atoms with E-state index in [1.165, 1.54) is 31.2 Å². The molecule has 0 unspecified atom stereocenters. The number of carbonyl (C=O) groups excluding carboxylic acids is 2. The molecule has 24 heavy (non-hydrogen) atoms. The molecule has 1 aromatic carbocycles. The van der Waals surface area contributed by atoms with Gasteiger partial charge in [0.05, 0.1) is 10.6 Å². The molecule has 0 bridgehead atoms. The zero-order valence-corrected chi connectivity index (χ0v) is 13.5. The average molecular weight is 353 g/mol. The van der Waals surface area contributed by atoms with Gasteiger partial charge >= 0.3 is 5.97 Å². The maximum absolute atomic E-state index is 14.1. The number of amides is 1. The molecule has 0 aliphatic heterocycles. The number of hydrogen-bond donors (Lipinski definition) is 1. The zero-order valence-electron chi connectivity index (χ0n) is 12.8. The van der Waals surface area contributed by atoms with Crippen LogP contribution in [0.4, 0.5) is 4.39 Å². The summed E-state index contributed by atoms with van der Waals surface area (Å²) in [7, 11) is 0. The molecule has 0 spiro atoms. The van der Waals surface area contributed by atoms with Gasteiger partial charge < -0.3 is 14.6 Å². The van der Waals surface area contributed by atoms with E-state index in [4.69, 9.17) is 20.9 Å². The number of esters is 1. The number of nitrogens with one attached hydrogen (secondary N) is 1. The first-order valence-corrected chi connectivity index (χ1v) is 7.28. The Morgan fingerprint density at radius 2 is 2.25 bits per heavy atom. The lowest BCUT2D eigenvalue weighted by Crippen LogP contribution is -2.28. The van der Waals surface area contributed by atoms with Crippen LogP contribution in [0.15, 0.2) is 35.4 Å². The van der Waals surface area contributed by atoms with Crippen molar-refractivity contribution in [2.24, 2.45) is 0 Å². The Morgan fingerprint density at radius 3 is 2.92 bits per heavy atom. The monoisotopic (exact) mass is 352 g/mol. The number of rotatable bonds is 6. The van der Waals surface area contributed by atoms with E-state index in [1.807, 2.05) is 0 Å². The van der Waals surface area contributed by atoms with Gasteiger partial charge in [-0.3, -0.25) is 4.79 Å². The number of aromatic nitrogens is 1. The molecule has 1 heterocycles. The molecule has 0 aliphatic carbocycles. The summed E-state index contributed by atoms with van der Waals surface area (Å²) in [4.78, 5) is 23.7. The third-order valence-corrected chi connectivity index (χ3v) is 3.36. The summed E-state index contributed by atoms with van der Waals surface area (Å²) in [6, 6.07) is 4.07. The summed E-state index contributed by atoms with van der Waals surface area (Å²) in [6.45, 7) is 4.67. The van der Waals surface area contributed by atoms with E-state index in [1.54, 1.807) is 0 Å². The van der Waals surface area contributed by atoms with E-state index < -0.39 is 24.3 Å². The molecule has 0 fully saturated rings. The van der Waals surface area contributed by atoms with Crippen LogP contribution in [0.25, 0.3) is 11.3 Å². The molecule has 8 heteroatoms. The summed E-state index contributed by atoms with van der Waals surface area (Å²) in [5.74, 6) is -1.89. The molecule has 0 saturated heterocycles. The molecule has 2 aromatic rings. The van der Waals surface area contributed by atoms with Gasteiger partial charge in [0.2, 0.25) is 0 Å². The van der Waals surface area contributed by atoms with Crippen molar-refractivity contribution in [2.45, 2.75) is 6.92 Å². The summed E-state index contributed by atoms with van der Waals surface area (Å²) >= 11 is 5.99. The number of aryl methyl sites for hydroxylation is 1. The van der Waals surface area contributed by atoms with Crippen molar-refractivity contribution in [1.29, 1.82) is 0 Å². The summed E-state index contributed by atoms with van der Waals surface area (Å²) in [5, 5.41) is 6.22. The van der Waals surface area contributed by atoms with Crippen molar-refractivity contribution in [3.63, 3.8) is 0 Å². The third-order valence-electron chi connectivity index (χ3n) is 3.04. The van der Waals surface area contributed by atoms with Crippen molar-refractivity contribution in [1.82, 2.24) is 10.5 Å². The highest BCUT2D eigenvalue weighted by Crippen LogP contribution is 2.33. The van der Waals surface area contributed by atoms with Gasteiger partial charge in [-0.05, 0) is 19.1 Å². The molecule has 2 rings (SSSR count).